The summed E-state index contributed by atoms with van der Waals surface area (Å²) < 4.78 is 16.7. The second kappa shape index (κ2) is 18.0. The zero-order valence-corrected chi connectivity index (χ0v) is 26.8. The van der Waals surface area contributed by atoms with Crippen molar-refractivity contribution in [2.24, 2.45) is 5.73 Å². The number of carbonyl (C=O) groups excluding carboxylic acids is 3. The summed E-state index contributed by atoms with van der Waals surface area (Å²) in [5, 5.41) is 2.91. The summed E-state index contributed by atoms with van der Waals surface area (Å²) in [6.45, 7) is 5.46. The SMILES string of the molecule is CCOc1ccc(C[C@H](NC(=O)[C@@H](N)Cc2ccc(OCC)cc2)C(=O)N2CCCC[C@@H]2C(=O)OCc2ccccc2)cc1.Cl. The molecule has 4 rings (SSSR count). The Balaban J connectivity index is 0.00000552. The molecule has 2 amide bonds. The number of piperidine rings is 1. The van der Waals surface area contributed by atoms with Crippen LogP contribution in [-0.4, -0.2) is 60.6 Å². The maximum atomic E-state index is 14.1. The van der Waals surface area contributed by atoms with Gasteiger partial charge in [-0.05, 0) is 80.5 Å². The molecular formula is C35H44ClN3O6. The molecule has 3 aromatic carbocycles. The molecule has 1 aliphatic rings. The van der Waals surface area contributed by atoms with Gasteiger partial charge in [0.25, 0.3) is 0 Å². The number of amides is 2. The lowest BCUT2D eigenvalue weighted by Gasteiger charge is -2.36. The van der Waals surface area contributed by atoms with E-state index in [1.165, 1.54) is 0 Å². The Morgan fingerprint density at radius 1 is 0.822 bits per heavy atom. The first-order valence-corrected chi connectivity index (χ1v) is 15.4. The Kier molecular flexibility index (Phi) is 14.2. The quantitative estimate of drug-likeness (QED) is 0.247. The van der Waals surface area contributed by atoms with Crippen LogP contribution in [0, 0.1) is 0 Å². The number of esters is 1. The predicted octanol–water partition coefficient (Wildman–Crippen LogP) is 4.63. The number of hydrogen-bond donors (Lipinski definition) is 2. The summed E-state index contributed by atoms with van der Waals surface area (Å²) in [6, 6.07) is 21.8. The number of nitrogens with zero attached hydrogens (tertiary/aromatic N) is 1. The fourth-order valence-electron chi connectivity index (χ4n) is 5.30. The number of nitrogens with two attached hydrogens (primary N) is 1. The van der Waals surface area contributed by atoms with Crippen LogP contribution in [0.15, 0.2) is 78.9 Å². The molecule has 3 aromatic rings. The first kappa shape index (κ1) is 35.4. The van der Waals surface area contributed by atoms with E-state index in [1.54, 1.807) is 4.90 Å². The molecule has 10 heteroatoms. The van der Waals surface area contributed by atoms with Gasteiger partial charge in [-0.1, -0.05) is 54.6 Å². The Morgan fingerprint density at radius 2 is 1.40 bits per heavy atom. The van der Waals surface area contributed by atoms with E-state index in [-0.39, 0.29) is 31.3 Å². The van der Waals surface area contributed by atoms with E-state index in [0.717, 1.165) is 41.0 Å². The summed E-state index contributed by atoms with van der Waals surface area (Å²) in [6.07, 6.45) is 2.59. The van der Waals surface area contributed by atoms with Crippen molar-refractivity contribution in [1.29, 1.82) is 0 Å². The Bertz CT molecular complexity index is 1350. The number of rotatable bonds is 14. The van der Waals surface area contributed by atoms with Crippen LogP contribution in [-0.2, 0) is 38.6 Å². The minimum Gasteiger partial charge on any atom is -0.494 e. The smallest absolute Gasteiger partial charge is 0.329 e. The molecule has 0 bridgehead atoms. The summed E-state index contributed by atoms with van der Waals surface area (Å²) in [5.41, 5.74) is 8.92. The van der Waals surface area contributed by atoms with Gasteiger partial charge in [-0.25, -0.2) is 4.79 Å². The third-order valence-corrected chi connectivity index (χ3v) is 7.60. The maximum Gasteiger partial charge on any atom is 0.329 e. The van der Waals surface area contributed by atoms with Gasteiger partial charge in [0.1, 0.15) is 30.2 Å². The molecule has 0 radical (unpaired) electrons. The van der Waals surface area contributed by atoms with Crippen LogP contribution < -0.4 is 20.5 Å². The lowest BCUT2D eigenvalue weighted by Crippen LogP contribution is -2.58. The van der Waals surface area contributed by atoms with Crippen molar-refractivity contribution in [1.82, 2.24) is 10.2 Å². The third kappa shape index (κ3) is 10.5. The van der Waals surface area contributed by atoms with Gasteiger partial charge in [0, 0.05) is 13.0 Å². The molecule has 1 fully saturated rings. The minimum atomic E-state index is -0.922. The second-order valence-electron chi connectivity index (χ2n) is 10.9. The van der Waals surface area contributed by atoms with E-state index < -0.39 is 30.0 Å². The van der Waals surface area contributed by atoms with Gasteiger partial charge in [-0.15, -0.1) is 12.4 Å². The topological polar surface area (TPSA) is 120 Å². The number of halogens is 1. The largest absolute Gasteiger partial charge is 0.494 e. The summed E-state index contributed by atoms with van der Waals surface area (Å²) in [4.78, 5) is 42.3. The normalized spacial score (nSPS) is 15.6. The number of ether oxygens (including phenoxy) is 3. The Hall–Kier alpha value is -4.08. The fraction of sp³-hybridized carbons (Fsp3) is 0.400. The predicted molar refractivity (Wildman–Crippen MR) is 175 cm³/mol. The number of carbonyl (C=O) groups is 3. The molecular weight excluding hydrogens is 594 g/mol. The van der Waals surface area contributed by atoms with Crippen LogP contribution in [0.25, 0.3) is 0 Å². The Morgan fingerprint density at radius 3 is 1.98 bits per heavy atom. The molecule has 0 aliphatic carbocycles. The zero-order valence-electron chi connectivity index (χ0n) is 26.0. The molecule has 0 saturated carbocycles. The van der Waals surface area contributed by atoms with Crippen molar-refractivity contribution in [2.75, 3.05) is 19.8 Å². The molecule has 3 N–H and O–H groups in total. The van der Waals surface area contributed by atoms with Crippen LogP contribution in [0.3, 0.4) is 0 Å². The lowest BCUT2D eigenvalue weighted by atomic mass is 9.98. The molecule has 242 valence electrons. The highest BCUT2D eigenvalue weighted by molar-refractivity contribution is 5.92. The van der Waals surface area contributed by atoms with Crippen LogP contribution in [0.2, 0.25) is 0 Å². The molecule has 0 spiro atoms. The lowest BCUT2D eigenvalue weighted by molar-refractivity contribution is -0.159. The maximum absolute atomic E-state index is 14.1. The second-order valence-corrected chi connectivity index (χ2v) is 10.9. The number of likely N-dealkylation sites (tertiary alicyclic amines) is 1. The van der Waals surface area contributed by atoms with Gasteiger partial charge in [-0.2, -0.15) is 0 Å². The average molecular weight is 638 g/mol. The molecule has 1 heterocycles. The van der Waals surface area contributed by atoms with Crippen LogP contribution >= 0.6 is 12.4 Å². The molecule has 0 unspecified atom stereocenters. The highest BCUT2D eigenvalue weighted by Gasteiger charge is 2.37. The minimum absolute atomic E-state index is 0. The highest BCUT2D eigenvalue weighted by Crippen LogP contribution is 2.22. The van der Waals surface area contributed by atoms with E-state index in [0.29, 0.717) is 32.6 Å². The van der Waals surface area contributed by atoms with E-state index >= 15 is 0 Å². The summed E-state index contributed by atoms with van der Waals surface area (Å²) in [5.74, 6) is 0.247. The molecule has 3 atom stereocenters. The highest BCUT2D eigenvalue weighted by atomic mass is 35.5. The molecule has 0 aromatic heterocycles. The third-order valence-electron chi connectivity index (χ3n) is 7.60. The fourth-order valence-corrected chi connectivity index (χ4v) is 5.30. The first-order valence-electron chi connectivity index (χ1n) is 15.4. The van der Waals surface area contributed by atoms with Crippen molar-refractivity contribution in [3.63, 3.8) is 0 Å². The number of benzene rings is 3. The van der Waals surface area contributed by atoms with E-state index in [2.05, 4.69) is 5.32 Å². The molecule has 45 heavy (non-hydrogen) atoms. The van der Waals surface area contributed by atoms with E-state index in [4.69, 9.17) is 19.9 Å². The first-order chi connectivity index (χ1) is 21.4. The standard InChI is InChI=1S/C35H43N3O6.ClH/c1-3-42-28-17-13-25(14-18-28)22-30(36)33(39)37-31(23-26-15-19-29(20-16-26)43-4-2)34(40)38-21-9-8-12-32(38)35(41)44-24-27-10-6-5-7-11-27;/h5-7,10-11,13-20,30-32H,3-4,8-9,12,21-24,36H2,1-2H3,(H,37,39);1H/t30-,31-,32+;/m0./s1. The number of hydrogen-bond acceptors (Lipinski definition) is 7. The van der Waals surface area contributed by atoms with Crippen LogP contribution in [0.1, 0.15) is 49.8 Å². The van der Waals surface area contributed by atoms with Gasteiger partial charge >= 0.3 is 5.97 Å². The zero-order chi connectivity index (χ0) is 31.3. The van der Waals surface area contributed by atoms with Crippen LogP contribution in [0.4, 0.5) is 0 Å². The van der Waals surface area contributed by atoms with Gasteiger partial charge in [0.2, 0.25) is 11.8 Å². The van der Waals surface area contributed by atoms with Crippen LogP contribution in [0.5, 0.6) is 11.5 Å². The molecule has 1 aliphatic heterocycles. The van der Waals surface area contributed by atoms with Gasteiger partial charge in [-0.3, -0.25) is 9.59 Å². The summed E-state index contributed by atoms with van der Waals surface area (Å²) >= 11 is 0. The van der Waals surface area contributed by atoms with Gasteiger partial charge < -0.3 is 30.2 Å². The Labute approximate surface area is 271 Å². The monoisotopic (exact) mass is 637 g/mol. The average Bonchev–Trinajstić information content (AvgIpc) is 3.05. The van der Waals surface area contributed by atoms with Crippen molar-refractivity contribution in [2.45, 2.75) is 70.7 Å². The van der Waals surface area contributed by atoms with E-state index in [9.17, 15) is 14.4 Å². The molecule has 9 nitrogen and oxygen atoms in total. The van der Waals surface area contributed by atoms with E-state index in [1.807, 2.05) is 92.7 Å². The van der Waals surface area contributed by atoms with Crippen molar-refractivity contribution in [3.05, 3.63) is 95.6 Å². The summed E-state index contributed by atoms with van der Waals surface area (Å²) in [7, 11) is 0. The number of nitrogens with one attached hydrogen (secondary N) is 1. The van der Waals surface area contributed by atoms with Crippen molar-refractivity contribution >= 4 is 30.2 Å². The van der Waals surface area contributed by atoms with Crippen molar-refractivity contribution < 1.29 is 28.6 Å². The van der Waals surface area contributed by atoms with Gasteiger partial charge in [0.15, 0.2) is 0 Å². The molecule has 1 saturated heterocycles. The van der Waals surface area contributed by atoms with Gasteiger partial charge in [0.05, 0.1) is 19.3 Å². The van der Waals surface area contributed by atoms with Crippen molar-refractivity contribution in [3.8, 4) is 11.5 Å².